The second-order valence-electron chi connectivity index (χ2n) is 7.51. The van der Waals surface area contributed by atoms with E-state index in [9.17, 15) is 0 Å². The summed E-state index contributed by atoms with van der Waals surface area (Å²) in [5.74, 6) is 0. The molecule has 0 fully saturated rings. The van der Waals surface area contributed by atoms with Crippen molar-refractivity contribution in [3.05, 3.63) is 36.0 Å². The Morgan fingerprint density at radius 2 is 1.86 bits per heavy atom. The smallest absolute Gasteiger partial charge is 0.191 e. The van der Waals surface area contributed by atoms with E-state index < -0.39 is 8.32 Å². The Hall–Kier alpha value is -1.10. The maximum atomic E-state index is 6.32. The summed E-state index contributed by atoms with van der Waals surface area (Å²) in [6.45, 7) is 13.8. The molecule has 0 atom stereocenters. The normalized spacial score (nSPS) is 13.0. The van der Waals surface area contributed by atoms with Crippen molar-refractivity contribution in [1.82, 2.24) is 4.57 Å². The third-order valence-electron chi connectivity index (χ3n) is 4.88. The zero-order chi connectivity index (χ0) is 16.4. The van der Waals surface area contributed by atoms with Crippen molar-refractivity contribution in [2.24, 2.45) is 5.73 Å². The SMILES string of the molecule is CC(C)(C)[Si](C)(C)OCCc1cn(CCN)c2ccccc12. The molecule has 2 N–H and O–H groups in total. The van der Waals surface area contributed by atoms with Crippen LogP contribution in [0.5, 0.6) is 0 Å². The van der Waals surface area contributed by atoms with Crippen molar-refractivity contribution in [3.63, 3.8) is 0 Å². The van der Waals surface area contributed by atoms with Gasteiger partial charge in [0, 0.05) is 36.8 Å². The van der Waals surface area contributed by atoms with E-state index in [1.165, 1.54) is 16.5 Å². The predicted molar refractivity (Wildman–Crippen MR) is 97.8 cm³/mol. The topological polar surface area (TPSA) is 40.2 Å². The average molecular weight is 319 g/mol. The molecule has 3 nitrogen and oxygen atoms in total. The maximum absolute atomic E-state index is 6.32. The molecule has 4 heteroatoms. The molecular formula is C18H30N2OSi. The zero-order valence-corrected chi connectivity index (χ0v) is 15.6. The van der Waals surface area contributed by atoms with Crippen LogP contribution >= 0.6 is 0 Å². The summed E-state index contributed by atoms with van der Waals surface area (Å²) in [6.07, 6.45) is 3.21. The van der Waals surface area contributed by atoms with Gasteiger partial charge in [0.05, 0.1) is 0 Å². The van der Waals surface area contributed by atoms with Crippen LogP contribution in [0.1, 0.15) is 26.3 Å². The van der Waals surface area contributed by atoms with E-state index in [-0.39, 0.29) is 5.04 Å². The van der Waals surface area contributed by atoms with Gasteiger partial charge in [0.2, 0.25) is 0 Å². The standard InChI is InChI=1S/C18H30N2OSi/c1-18(2,3)22(4,5)21-13-10-15-14-20(12-11-19)17-9-7-6-8-16(15)17/h6-9,14H,10-13,19H2,1-5H3. The molecule has 0 aliphatic carbocycles. The minimum atomic E-state index is -1.66. The Morgan fingerprint density at radius 1 is 1.18 bits per heavy atom. The fourth-order valence-corrected chi connectivity index (χ4v) is 3.52. The van der Waals surface area contributed by atoms with Crippen molar-refractivity contribution in [2.75, 3.05) is 13.2 Å². The summed E-state index contributed by atoms with van der Waals surface area (Å²) in [6, 6.07) is 8.56. The van der Waals surface area contributed by atoms with Crippen molar-refractivity contribution in [1.29, 1.82) is 0 Å². The van der Waals surface area contributed by atoms with E-state index in [0.717, 1.165) is 19.6 Å². The summed E-state index contributed by atoms with van der Waals surface area (Å²) in [4.78, 5) is 0. The number of fused-ring (bicyclic) bond motifs is 1. The van der Waals surface area contributed by atoms with Crippen molar-refractivity contribution in [2.45, 2.75) is 51.9 Å². The fourth-order valence-electron chi connectivity index (χ4n) is 2.48. The highest BCUT2D eigenvalue weighted by Crippen LogP contribution is 2.36. The molecule has 0 bridgehead atoms. The van der Waals surface area contributed by atoms with Gasteiger partial charge in [0.1, 0.15) is 0 Å². The summed E-state index contributed by atoms with van der Waals surface area (Å²) in [5.41, 5.74) is 8.36. The largest absolute Gasteiger partial charge is 0.416 e. The zero-order valence-electron chi connectivity index (χ0n) is 14.6. The highest BCUT2D eigenvalue weighted by atomic mass is 28.4. The lowest BCUT2D eigenvalue weighted by Crippen LogP contribution is -2.41. The van der Waals surface area contributed by atoms with Gasteiger partial charge in [-0.05, 0) is 36.2 Å². The van der Waals surface area contributed by atoms with Gasteiger partial charge in [-0.15, -0.1) is 0 Å². The van der Waals surface area contributed by atoms with Crippen LogP contribution < -0.4 is 5.73 Å². The van der Waals surface area contributed by atoms with Gasteiger partial charge in [-0.1, -0.05) is 39.0 Å². The first-order chi connectivity index (χ1) is 10.3. The van der Waals surface area contributed by atoms with Crippen LogP contribution in [0, 0.1) is 0 Å². The third kappa shape index (κ3) is 3.62. The van der Waals surface area contributed by atoms with E-state index in [4.69, 9.17) is 10.2 Å². The highest BCUT2D eigenvalue weighted by molar-refractivity contribution is 6.74. The Morgan fingerprint density at radius 3 is 2.50 bits per heavy atom. The van der Waals surface area contributed by atoms with Gasteiger partial charge in [-0.25, -0.2) is 0 Å². The molecule has 0 aliphatic rings. The van der Waals surface area contributed by atoms with E-state index in [0.29, 0.717) is 6.54 Å². The molecule has 1 heterocycles. The van der Waals surface area contributed by atoms with E-state index in [1.54, 1.807) is 0 Å². The molecule has 0 amide bonds. The number of nitrogens with zero attached hydrogens (tertiary/aromatic N) is 1. The van der Waals surface area contributed by atoms with Gasteiger partial charge < -0.3 is 14.7 Å². The maximum Gasteiger partial charge on any atom is 0.191 e. The molecule has 2 rings (SSSR count). The molecule has 1 aromatic heterocycles. The van der Waals surface area contributed by atoms with Gasteiger partial charge in [-0.2, -0.15) is 0 Å². The minimum absolute atomic E-state index is 0.264. The van der Waals surface area contributed by atoms with Crippen LogP contribution in [0.25, 0.3) is 10.9 Å². The first-order valence-electron chi connectivity index (χ1n) is 8.17. The van der Waals surface area contributed by atoms with Crippen LogP contribution in [-0.4, -0.2) is 26.0 Å². The predicted octanol–water partition coefficient (Wildman–Crippen LogP) is 4.16. The van der Waals surface area contributed by atoms with Gasteiger partial charge >= 0.3 is 0 Å². The third-order valence-corrected chi connectivity index (χ3v) is 9.42. The monoisotopic (exact) mass is 318 g/mol. The lowest BCUT2D eigenvalue weighted by Gasteiger charge is -2.36. The Bertz CT molecular complexity index is 626. The Kier molecular flexibility index (Phi) is 5.15. The average Bonchev–Trinajstić information content (AvgIpc) is 2.77. The first-order valence-corrected chi connectivity index (χ1v) is 11.1. The summed E-state index contributed by atoms with van der Waals surface area (Å²) < 4.78 is 8.58. The lowest BCUT2D eigenvalue weighted by atomic mass is 10.1. The summed E-state index contributed by atoms with van der Waals surface area (Å²) in [5, 5.41) is 1.59. The fraction of sp³-hybridized carbons (Fsp3) is 0.556. The number of nitrogens with two attached hydrogens (primary N) is 1. The van der Waals surface area contributed by atoms with Crippen molar-refractivity contribution in [3.8, 4) is 0 Å². The molecular weight excluding hydrogens is 288 g/mol. The van der Waals surface area contributed by atoms with Crippen LogP contribution in [0.4, 0.5) is 0 Å². The summed E-state index contributed by atoms with van der Waals surface area (Å²) in [7, 11) is -1.66. The lowest BCUT2D eigenvalue weighted by molar-refractivity contribution is 0.292. The molecule has 0 aliphatic heterocycles. The molecule has 1 aromatic carbocycles. The molecule has 0 spiro atoms. The number of hydrogen-bond acceptors (Lipinski definition) is 2. The highest BCUT2D eigenvalue weighted by Gasteiger charge is 2.36. The van der Waals surface area contributed by atoms with Crippen molar-refractivity contribution < 1.29 is 4.43 Å². The number of para-hydroxylation sites is 1. The van der Waals surface area contributed by atoms with Crippen LogP contribution in [-0.2, 0) is 17.4 Å². The summed E-state index contributed by atoms with van der Waals surface area (Å²) >= 11 is 0. The van der Waals surface area contributed by atoms with Gasteiger partial charge in [0.15, 0.2) is 8.32 Å². The van der Waals surface area contributed by atoms with E-state index >= 15 is 0 Å². The molecule has 0 radical (unpaired) electrons. The van der Waals surface area contributed by atoms with Crippen LogP contribution in [0.2, 0.25) is 18.1 Å². The molecule has 0 saturated carbocycles. The van der Waals surface area contributed by atoms with Gasteiger partial charge in [0.25, 0.3) is 0 Å². The number of hydrogen-bond donors (Lipinski definition) is 1. The second-order valence-corrected chi connectivity index (χ2v) is 12.3. The minimum Gasteiger partial charge on any atom is -0.416 e. The number of benzene rings is 1. The van der Waals surface area contributed by atoms with E-state index in [2.05, 4.69) is 68.9 Å². The second kappa shape index (κ2) is 6.57. The first kappa shape index (κ1) is 17.3. The van der Waals surface area contributed by atoms with Crippen molar-refractivity contribution >= 4 is 19.2 Å². The van der Waals surface area contributed by atoms with E-state index in [1.807, 2.05) is 0 Å². The number of rotatable bonds is 6. The Balaban J connectivity index is 2.12. The molecule has 2 aromatic rings. The Labute approximate surface area is 135 Å². The molecule has 22 heavy (non-hydrogen) atoms. The quantitative estimate of drug-likeness (QED) is 0.812. The molecule has 0 saturated heterocycles. The molecule has 122 valence electrons. The number of aromatic nitrogens is 1. The van der Waals surface area contributed by atoms with Gasteiger partial charge in [-0.3, -0.25) is 0 Å². The van der Waals surface area contributed by atoms with Crippen LogP contribution in [0.3, 0.4) is 0 Å². The van der Waals surface area contributed by atoms with Crippen LogP contribution in [0.15, 0.2) is 30.5 Å². The molecule has 0 unspecified atom stereocenters.